The Morgan fingerprint density at radius 1 is 1.00 bits per heavy atom. The number of nitrogens with zero attached hydrogens (tertiary/aromatic N) is 1. The molecule has 0 aliphatic rings. The van der Waals surface area contributed by atoms with Crippen molar-refractivity contribution in [1.82, 2.24) is 0 Å². The summed E-state index contributed by atoms with van der Waals surface area (Å²) in [6.45, 7) is 1.85. The minimum absolute atomic E-state index is 0.0444. The van der Waals surface area contributed by atoms with Gasteiger partial charge in [0.05, 0.1) is 0 Å². The molecule has 0 saturated carbocycles. The molecule has 0 spiro atoms. The highest BCUT2D eigenvalue weighted by molar-refractivity contribution is 6.31. The van der Waals surface area contributed by atoms with Crippen LogP contribution in [0.3, 0.4) is 0 Å². The second-order valence-electron chi connectivity index (χ2n) is 6.69. The van der Waals surface area contributed by atoms with Gasteiger partial charge in [-0.3, -0.25) is 4.79 Å². The monoisotopic (exact) mass is 454 g/mol. The van der Waals surface area contributed by atoms with Crippen LogP contribution in [0.4, 0.5) is 5.69 Å². The molecule has 3 rings (SSSR count). The molecular formula is C24H17Cl3N2O. The van der Waals surface area contributed by atoms with E-state index in [0.29, 0.717) is 32.7 Å². The van der Waals surface area contributed by atoms with E-state index >= 15 is 0 Å². The number of anilines is 1. The van der Waals surface area contributed by atoms with E-state index in [4.69, 9.17) is 34.8 Å². The van der Waals surface area contributed by atoms with E-state index < -0.39 is 5.91 Å². The number of halogens is 3. The van der Waals surface area contributed by atoms with Crippen LogP contribution in [0.5, 0.6) is 0 Å². The van der Waals surface area contributed by atoms with Gasteiger partial charge in [0.15, 0.2) is 0 Å². The third-order valence-corrected chi connectivity index (χ3v) is 5.40. The largest absolute Gasteiger partial charge is 0.321 e. The summed E-state index contributed by atoms with van der Waals surface area (Å²) in [5, 5.41) is 14.0. The number of rotatable bonds is 5. The van der Waals surface area contributed by atoms with Crippen molar-refractivity contribution in [1.29, 1.82) is 5.26 Å². The van der Waals surface area contributed by atoms with Gasteiger partial charge in [0, 0.05) is 20.8 Å². The molecule has 1 amide bonds. The first-order chi connectivity index (χ1) is 14.4. The number of nitrogens with one attached hydrogen (secondary N) is 1. The standard InChI is InChI=1S/C24H17Cl3N2O/c1-15-6-8-21(26)13-23(15)29-24(30)19(14-28)11-18-12-20(25)9-7-16(18)10-17-4-2-3-5-22(17)27/h2-9,11-13H,10H2,1H3,(H,29,30)/b19-11+. The van der Waals surface area contributed by atoms with Gasteiger partial charge in [-0.1, -0.05) is 65.1 Å². The highest BCUT2D eigenvalue weighted by Gasteiger charge is 2.13. The second kappa shape index (κ2) is 9.82. The number of benzene rings is 3. The summed E-state index contributed by atoms with van der Waals surface area (Å²) < 4.78 is 0. The average molecular weight is 456 g/mol. The summed E-state index contributed by atoms with van der Waals surface area (Å²) in [6, 6.07) is 20.0. The Hall–Kier alpha value is -2.77. The summed E-state index contributed by atoms with van der Waals surface area (Å²) >= 11 is 18.5. The van der Waals surface area contributed by atoms with Gasteiger partial charge in [0.2, 0.25) is 0 Å². The zero-order valence-corrected chi connectivity index (χ0v) is 18.3. The maximum Gasteiger partial charge on any atom is 0.266 e. The van der Waals surface area contributed by atoms with Gasteiger partial charge in [-0.2, -0.15) is 5.26 Å². The van der Waals surface area contributed by atoms with Crippen LogP contribution in [0.15, 0.2) is 66.2 Å². The number of hydrogen-bond donors (Lipinski definition) is 1. The summed E-state index contributed by atoms with van der Waals surface area (Å²) in [5.74, 6) is -0.522. The van der Waals surface area contributed by atoms with Crippen LogP contribution in [0.2, 0.25) is 15.1 Å². The first-order valence-corrected chi connectivity index (χ1v) is 10.2. The molecule has 150 valence electrons. The average Bonchev–Trinajstić information content (AvgIpc) is 2.72. The number of hydrogen-bond acceptors (Lipinski definition) is 2. The lowest BCUT2D eigenvalue weighted by Crippen LogP contribution is -2.14. The molecule has 0 unspecified atom stereocenters. The lowest BCUT2D eigenvalue weighted by molar-refractivity contribution is -0.112. The van der Waals surface area contributed by atoms with Crippen LogP contribution in [0.25, 0.3) is 6.08 Å². The summed E-state index contributed by atoms with van der Waals surface area (Å²) in [6.07, 6.45) is 2.07. The topological polar surface area (TPSA) is 52.9 Å². The lowest BCUT2D eigenvalue weighted by atomic mass is 9.98. The van der Waals surface area contributed by atoms with Crippen molar-refractivity contribution in [2.75, 3.05) is 5.32 Å². The molecule has 0 aromatic heterocycles. The van der Waals surface area contributed by atoms with Crippen molar-refractivity contribution < 1.29 is 4.79 Å². The third-order valence-electron chi connectivity index (χ3n) is 4.56. The number of aryl methyl sites for hydroxylation is 1. The van der Waals surface area contributed by atoms with Crippen molar-refractivity contribution in [2.45, 2.75) is 13.3 Å². The molecule has 3 nitrogen and oxygen atoms in total. The smallest absolute Gasteiger partial charge is 0.266 e. The molecular weight excluding hydrogens is 439 g/mol. The van der Waals surface area contributed by atoms with Crippen LogP contribution in [0, 0.1) is 18.3 Å². The quantitative estimate of drug-likeness (QED) is 0.330. The first-order valence-electron chi connectivity index (χ1n) is 9.08. The van der Waals surface area contributed by atoms with Crippen LogP contribution in [0.1, 0.15) is 22.3 Å². The van der Waals surface area contributed by atoms with Gasteiger partial charge in [-0.05, 0) is 72.0 Å². The van der Waals surface area contributed by atoms with Gasteiger partial charge in [-0.15, -0.1) is 0 Å². The molecule has 0 bridgehead atoms. The minimum Gasteiger partial charge on any atom is -0.321 e. The molecule has 0 fully saturated rings. The molecule has 3 aromatic rings. The summed E-state index contributed by atoms with van der Waals surface area (Å²) in [7, 11) is 0. The lowest BCUT2D eigenvalue weighted by Gasteiger charge is -2.11. The highest BCUT2D eigenvalue weighted by atomic mass is 35.5. The maximum atomic E-state index is 12.7. The van der Waals surface area contributed by atoms with Crippen molar-refractivity contribution in [3.05, 3.63) is 104 Å². The Balaban J connectivity index is 1.94. The molecule has 0 heterocycles. The van der Waals surface area contributed by atoms with Gasteiger partial charge >= 0.3 is 0 Å². The maximum absolute atomic E-state index is 12.7. The van der Waals surface area contributed by atoms with Gasteiger partial charge in [0.25, 0.3) is 5.91 Å². The minimum atomic E-state index is -0.522. The van der Waals surface area contributed by atoms with Crippen LogP contribution in [-0.4, -0.2) is 5.91 Å². The fourth-order valence-electron chi connectivity index (χ4n) is 2.93. The number of carbonyl (C=O) groups is 1. The first kappa shape index (κ1) is 21.9. The van der Waals surface area contributed by atoms with E-state index in [0.717, 1.165) is 16.7 Å². The zero-order chi connectivity index (χ0) is 21.7. The Morgan fingerprint density at radius 2 is 1.70 bits per heavy atom. The SMILES string of the molecule is Cc1ccc(Cl)cc1NC(=O)/C(C#N)=C/c1cc(Cl)ccc1Cc1ccccc1Cl. The zero-order valence-electron chi connectivity index (χ0n) is 16.0. The van der Waals surface area contributed by atoms with E-state index in [1.54, 1.807) is 30.3 Å². The molecule has 30 heavy (non-hydrogen) atoms. The fourth-order valence-corrected chi connectivity index (χ4v) is 3.49. The van der Waals surface area contributed by atoms with E-state index in [1.807, 2.05) is 43.3 Å². The molecule has 0 radical (unpaired) electrons. The van der Waals surface area contributed by atoms with Gasteiger partial charge < -0.3 is 5.32 Å². The Kier molecular flexibility index (Phi) is 7.18. The van der Waals surface area contributed by atoms with Gasteiger partial charge in [-0.25, -0.2) is 0 Å². The van der Waals surface area contributed by atoms with Crippen LogP contribution < -0.4 is 5.32 Å². The van der Waals surface area contributed by atoms with Crippen molar-refractivity contribution in [2.24, 2.45) is 0 Å². The predicted octanol–water partition coefficient (Wildman–Crippen LogP) is 7.09. The third kappa shape index (κ3) is 5.43. The number of nitriles is 1. The van der Waals surface area contributed by atoms with Gasteiger partial charge in [0.1, 0.15) is 11.6 Å². The van der Waals surface area contributed by atoms with Crippen molar-refractivity contribution >= 4 is 52.5 Å². The highest BCUT2D eigenvalue weighted by Crippen LogP contribution is 2.26. The molecule has 0 saturated heterocycles. The van der Waals surface area contributed by atoms with E-state index in [2.05, 4.69) is 5.32 Å². The number of amides is 1. The van der Waals surface area contributed by atoms with Crippen molar-refractivity contribution in [3.8, 4) is 6.07 Å². The second-order valence-corrected chi connectivity index (χ2v) is 7.97. The fraction of sp³-hybridized carbons (Fsp3) is 0.0833. The molecule has 0 aliphatic heterocycles. The van der Waals surface area contributed by atoms with Crippen LogP contribution in [-0.2, 0) is 11.2 Å². The number of carbonyl (C=O) groups excluding carboxylic acids is 1. The van der Waals surface area contributed by atoms with E-state index in [-0.39, 0.29) is 5.57 Å². The molecule has 3 aromatic carbocycles. The Labute approximate surface area is 190 Å². The molecule has 0 aliphatic carbocycles. The molecule has 1 N–H and O–H groups in total. The Bertz CT molecular complexity index is 1180. The molecule has 0 atom stereocenters. The predicted molar refractivity (Wildman–Crippen MR) is 124 cm³/mol. The van der Waals surface area contributed by atoms with E-state index in [1.165, 1.54) is 6.08 Å². The normalized spacial score (nSPS) is 11.1. The van der Waals surface area contributed by atoms with Crippen LogP contribution >= 0.6 is 34.8 Å². The Morgan fingerprint density at radius 3 is 2.43 bits per heavy atom. The van der Waals surface area contributed by atoms with Crippen molar-refractivity contribution in [3.63, 3.8) is 0 Å². The summed E-state index contributed by atoms with van der Waals surface area (Å²) in [4.78, 5) is 12.7. The summed E-state index contributed by atoms with van der Waals surface area (Å²) in [5.41, 5.74) is 3.86. The molecule has 6 heteroatoms. The van der Waals surface area contributed by atoms with E-state index in [9.17, 15) is 10.1 Å².